The third kappa shape index (κ3) is 6.29. The van der Waals surface area contributed by atoms with Gasteiger partial charge < -0.3 is 5.73 Å². The molecule has 1 heteroatoms. The standard InChI is InChI=1S/C18H37N/c1-4-5-6-7-8-9-10-17-13-16(15(2)3)11-12-18(17)14-19/h15-18H,4-14,19H2,1-3H3. The molecule has 19 heavy (non-hydrogen) atoms. The SMILES string of the molecule is CCCCCCCCC1CC(C(C)C)CCC1CN. The first kappa shape index (κ1) is 17.0. The molecule has 0 radical (unpaired) electrons. The van der Waals surface area contributed by atoms with Crippen molar-refractivity contribution in [1.29, 1.82) is 0 Å². The van der Waals surface area contributed by atoms with Crippen molar-refractivity contribution in [3.63, 3.8) is 0 Å². The highest BCUT2D eigenvalue weighted by Crippen LogP contribution is 2.39. The van der Waals surface area contributed by atoms with E-state index in [-0.39, 0.29) is 0 Å². The van der Waals surface area contributed by atoms with Crippen LogP contribution in [0.5, 0.6) is 0 Å². The molecule has 3 atom stereocenters. The summed E-state index contributed by atoms with van der Waals surface area (Å²) in [5.74, 6) is 3.58. The quantitative estimate of drug-likeness (QED) is 0.557. The van der Waals surface area contributed by atoms with Crippen molar-refractivity contribution in [3.8, 4) is 0 Å². The van der Waals surface area contributed by atoms with E-state index in [9.17, 15) is 0 Å². The van der Waals surface area contributed by atoms with Gasteiger partial charge in [0.15, 0.2) is 0 Å². The molecule has 1 aliphatic rings. The number of nitrogens with two attached hydrogens (primary N) is 1. The van der Waals surface area contributed by atoms with Crippen LogP contribution in [0, 0.1) is 23.7 Å². The van der Waals surface area contributed by atoms with Crippen molar-refractivity contribution in [2.24, 2.45) is 29.4 Å². The van der Waals surface area contributed by atoms with E-state index in [4.69, 9.17) is 5.73 Å². The molecular formula is C18H37N. The van der Waals surface area contributed by atoms with Gasteiger partial charge in [0.25, 0.3) is 0 Å². The molecule has 1 saturated carbocycles. The summed E-state index contributed by atoms with van der Waals surface area (Å²) < 4.78 is 0. The Hall–Kier alpha value is -0.0400. The van der Waals surface area contributed by atoms with Crippen LogP contribution in [0.4, 0.5) is 0 Å². The molecule has 1 aliphatic carbocycles. The average Bonchev–Trinajstić information content (AvgIpc) is 2.42. The summed E-state index contributed by atoms with van der Waals surface area (Å²) in [6.07, 6.45) is 14.3. The minimum Gasteiger partial charge on any atom is -0.330 e. The summed E-state index contributed by atoms with van der Waals surface area (Å²) >= 11 is 0. The Bertz CT molecular complexity index is 212. The molecule has 0 aromatic heterocycles. The van der Waals surface area contributed by atoms with Gasteiger partial charge >= 0.3 is 0 Å². The van der Waals surface area contributed by atoms with Gasteiger partial charge in [-0.1, -0.05) is 65.7 Å². The molecule has 0 aromatic carbocycles. The van der Waals surface area contributed by atoms with Gasteiger partial charge in [-0.05, 0) is 49.5 Å². The third-order valence-corrected chi connectivity index (χ3v) is 5.35. The molecule has 114 valence electrons. The molecule has 0 aliphatic heterocycles. The monoisotopic (exact) mass is 267 g/mol. The maximum atomic E-state index is 5.99. The highest BCUT2D eigenvalue weighted by Gasteiger charge is 2.30. The van der Waals surface area contributed by atoms with Crippen molar-refractivity contribution in [1.82, 2.24) is 0 Å². The summed E-state index contributed by atoms with van der Waals surface area (Å²) in [6.45, 7) is 8.01. The van der Waals surface area contributed by atoms with Crippen LogP contribution < -0.4 is 5.73 Å². The summed E-state index contributed by atoms with van der Waals surface area (Å²) in [4.78, 5) is 0. The van der Waals surface area contributed by atoms with E-state index in [0.717, 1.165) is 30.2 Å². The van der Waals surface area contributed by atoms with Gasteiger partial charge in [-0.25, -0.2) is 0 Å². The highest BCUT2D eigenvalue weighted by atomic mass is 14.6. The molecule has 1 nitrogen and oxygen atoms in total. The van der Waals surface area contributed by atoms with Crippen LogP contribution >= 0.6 is 0 Å². The first-order valence-electron chi connectivity index (χ1n) is 8.89. The molecule has 1 rings (SSSR count). The van der Waals surface area contributed by atoms with E-state index in [0.29, 0.717) is 0 Å². The molecule has 0 spiro atoms. The van der Waals surface area contributed by atoms with Gasteiger partial charge in [0.1, 0.15) is 0 Å². The van der Waals surface area contributed by atoms with Gasteiger partial charge in [-0.2, -0.15) is 0 Å². The smallest absolute Gasteiger partial charge is 0.00462 e. The van der Waals surface area contributed by atoms with Crippen LogP contribution in [0.25, 0.3) is 0 Å². The van der Waals surface area contributed by atoms with E-state index in [1.165, 1.54) is 64.2 Å². The van der Waals surface area contributed by atoms with Crippen molar-refractivity contribution in [2.75, 3.05) is 6.54 Å². The average molecular weight is 268 g/mol. The van der Waals surface area contributed by atoms with E-state index < -0.39 is 0 Å². The lowest BCUT2D eigenvalue weighted by molar-refractivity contribution is 0.141. The number of unbranched alkanes of at least 4 members (excludes halogenated alkanes) is 5. The number of rotatable bonds is 9. The van der Waals surface area contributed by atoms with Crippen molar-refractivity contribution < 1.29 is 0 Å². The molecule has 0 heterocycles. The largest absolute Gasteiger partial charge is 0.330 e. The first-order valence-corrected chi connectivity index (χ1v) is 8.89. The topological polar surface area (TPSA) is 26.0 Å². The fourth-order valence-electron chi connectivity index (χ4n) is 3.82. The predicted octanol–water partition coefficient (Wildman–Crippen LogP) is 5.38. The molecule has 3 unspecified atom stereocenters. The molecular weight excluding hydrogens is 230 g/mol. The van der Waals surface area contributed by atoms with Gasteiger partial charge in [0, 0.05) is 0 Å². The molecule has 0 saturated heterocycles. The van der Waals surface area contributed by atoms with Crippen LogP contribution in [0.3, 0.4) is 0 Å². The van der Waals surface area contributed by atoms with E-state index in [1.54, 1.807) is 0 Å². The zero-order valence-electron chi connectivity index (χ0n) is 13.7. The predicted molar refractivity (Wildman–Crippen MR) is 86.2 cm³/mol. The first-order chi connectivity index (χ1) is 9.19. The number of hydrogen-bond acceptors (Lipinski definition) is 1. The Balaban J connectivity index is 2.23. The lowest BCUT2D eigenvalue weighted by Crippen LogP contribution is -2.32. The van der Waals surface area contributed by atoms with E-state index in [2.05, 4.69) is 20.8 Å². The molecule has 0 aromatic rings. The lowest BCUT2D eigenvalue weighted by Gasteiger charge is -2.37. The second-order valence-corrected chi connectivity index (χ2v) is 7.13. The van der Waals surface area contributed by atoms with Crippen LogP contribution in [-0.4, -0.2) is 6.54 Å². The second-order valence-electron chi connectivity index (χ2n) is 7.13. The lowest BCUT2D eigenvalue weighted by atomic mass is 9.69. The minimum absolute atomic E-state index is 0.825. The van der Waals surface area contributed by atoms with Crippen molar-refractivity contribution in [3.05, 3.63) is 0 Å². The second kappa shape index (κ2) is 9.80. The Morgan fingerprint density at radius 2 is 1.63 bits per heavy atom. The highest BCUT2D eigenvalue weighted by molar-refractivity contribution is 4.82. The third-order valence-electron chi connectivity index (χ3n) is 5.35. The molecule has 0 bridgehead atoms. The van der Waals surface area contributed by atoms with E-state index in [1.807, 2.05) is 0 Å². The van der Waals surface area contributed by atoms with Crippen LogP contribution in [0.15, 0.2) is 0 Å². The van der Waals surface area contributed by atoms with Gasteiger partial charge in [-0.3, -0.25) is 0 Å². The summed E-state index contributed by atoms with van der Waals surface area (Å²) in [6, 6.07) is 0. The van der Waals surface area contributed by atoms with E-state index >= 15 is 0 Å². The maximum Gasteiger partial charge on any atom is -0.00462 e. The minimum atomic E-state index is 0.825. The Morgan fingerprint density at radius 3 is 2.26 bits per heavy atom. The molecule has 2 N–H and O–H groups in total. The van der Waals surface area contributed by atoms with Gasteiger partial charge in [0.2, 0.25) is 0 Å². The normalized spacial score (nSPS) is 27.9. The Labute approximate surface area is 121 Å². The van der Waals surface area contributed by atoms with Crippen molar-refractivity contribution >= 4 is 0 Å². The summed E-state index contributed by atoms with van der Waals surface area (Å²) in [7, 11) is 0. The van der Waals surface area contributed by atoms with Gasteiger partial charge in [-0.15, -0.1) is 0 Å². The van der Waals surface area contributed by atoms with Crippen LogP contribution in [0.2, 0.25) is 0 Å². The molecule has 0 amide bonds. The fraction of sp³-hybridized carbons (Fsp3) is 1.00. The summed E-state index contributed by atoms with van der Waals surface area (Å²) in [5.41, 5.74) is 5.99. The fourth-order valence-corrected chi connectivity index (χ4v) is 3.82. The van der Waals surface area contributed by atoms with Crippen molar-refractivity contribution in [2.45, 2.75) is 85.0 Å². The van der Waals surface area contributed by atoms with Gasteiger partial charge in [0.05, 0.1) is 0 Å². The maximum absolute atomic E-state index is 5.99. The zero-order valence-corrected chi connectivity index (χ0v) is 13.7. The summed E-state index contributed by atoms with van der Waals surface area (Å²) in [5, 5.41) is 0. The Morgan fingerprint density at radius 1 is 0.947 bits per heavy atom. The Kier molecular flexibility index (Phi) is 8.77. The van der Waals surface area contributed by atoms with Crippen LogP contribution in [-0.2, 0) is 0 Å². The zero-order chi connectivity index (χ0) is 14.1. The molecule has 1 fully saturated rings. The number of hydrogen-bond donors (Lipinski definition) is 1. The van der Waals surface area contributed by atoms with Crippen LogP contribution in [0.1, 0.15) is 85.0 Å².